The third kappa shape index (κ3) is 2.05. The molecule has 0 saturated carbocycles. The van der Waals surface area contributed by atoms with Gasteiger partial charge in [0.2, 0.25) is 0 Å². The number of aromatic nitrogens is 2. The van der Waals surface area contributed by atoms with Gasteiger partial charge in [0, 0.05) is 6.92 Å². The first kappa shape index (κ1) is 10.6. The molecule has 1 atom stereocenters. The van der Waals surface area contributed by atoms with E-state index >= 15 is 0 Å². The van der Waals surface area contributed by atoms with Crippen molar-refractivity contribution in [2.24, 2.45) is 0 Å². The maximum Gasteiger partial charge on any atom is 0.342 e. The second-order valence-electron chi connectivity index (χ2n) is 2.84. The molecule has 1 unspecified atom stereocenters. The molecule has 0 amide bonds. The van der Waals surface area contributed by atoms with Gasteiger partial charge >= 0.3 is 5.82 Å². The predicted octanol–water partition coefficient (Wildman–Crippen LogP) is 0.430. The minimum Gasteiger partial charge on any atom is -0.386 e. The summed E-state index contributed by atoms with van der Waals surface area (Å²) >= 11 is 0. The summed E-state index contributed by atoms with van der Waals surface area (Å²) in [5.74, 6) is 0.138. The van der Waals surface area contributed by atoms with Crippen LogP contribution in [0.25, 0.3) is 0 Å². The number of hydrogen-bond acceptors (Lipinski definition) is 4. The number of rotatable bonds is 4. The van der Waals surface area contributed by atoms with Crippen molar-refractivity contribution in [1.82, 2.24) is 9.55 Å². The molecular formula is C7H10FN3O3. The maximum absolute atomic E-state index is 12.0. The average Bonchev–Trinajstić information content (AvgIpc) is 2.48. The first-order valence-corrected chi connectivity index (χ1v) is 3.96. The monoisotopic (exact) mass is 202 g/mol. The lowest BCUT2D eigenvalue weighted by Gasteiger charge is -2.05. The highest BCUT2D eigenvalue weighted by molar-refractivity contribution is 5.18. The van der Waals surface area contributed by atoms with Gasteiger partial charge < -0.3 is 15.2 Å². The smallest absolute Gasteiger partial charge is 0.342 e. The van der Waals surface area contributed by atoms with Gasteiger partial charge in [-0.05, 0) is 4.92 Å². The van der Waals surface area contributed by atoms with Gasteiger partial charge in [-0.25, -0.2) is 13.9 Å². The molecule has 0 radical (unpaired) electrons. The summed E-state index contributed by atoms with van der Waals surface area (Å²) in [5.41, 5.74) is 0. The molecule has 0 aliphatic rings. The van der Waals surface area contributed by atoms with Crippen LogP contribution in [-0.4, -0.2) is 32.4 Å². The van der Waals surface area contributed by atoms with E-state index in [1.54, 1.807) is 6.92 Å². The average molecular weight is 202 g/mol. The number of aryl methyl sites for hydroxylation is 1. The Morgan fingerprint density at radius 3 is 3.00 bits per heavy atom. The van der Waals surface area contributed by atoms with Crippen LogP contribution < -0.4 is 0 Å². The number of nitro groups is 1. The zero-order valence-electron chi connectivity index (χ0n) is 7.55. The fourth-order valence-corrected chi connectivity index (χ4v) is 1.09. The second-order valence-corrected chi connectivity index (χ2v) is 2.84. The molecule has 7 heteroatoms. The summed E-state index contributed by atoms with van der Waals surface area (Å²) in [6.07, 6.45) is -0.151. The number of halogens is 1. The Bertz CT molecular complexity index is 339. The van der Waals surface area contributed by atoms with E-state index in [1.165, 1.54) is 4.57 Å². The summed E-state index contributed by atoms with van der Waals surface area (Å²) in [6.45, 7) is 0.464. The molecule has 0 aliphatic carbocycles. The second kappa shape index (κ2) is 4.14. The van der Waals surface area contributed by atoms with E-state index in [1.807, 2.05) is 0 Å². The predicted molar refractivity (Wildman–Crippen MR) is 45.6 cm³/mol. The molecule has 1 N–H and O–H groups in total. The molecule has 0 aromatic carbocycles. The van der Waals surface area contributed by atoms with Gasteiger partial charge in [-0.2, -0.15) is 0 Å². The van der Waals surface area contributed by atoms with Crippen molar-refractivity contribution in [3.8, 4) is 0 Å². The van der Waals surface area contributed by atoms with Crippen LogP contribution in [0, 0.1) is 17.0 Å². The Labute approximate surface area is 79.1 Å². The molecule has 0 fully saturated rings. The largest absolute Gasteiger partial charge is 0.386 e. The fraction of sp³-hybridized carbons (Fsp3) is 0.571. The molecule has 1 heterocycles. The number of hydrogen-bond donors (Lipinski definition) is 1. The van der Waals surface area contributed by atoms with Crippen molar-refractivity contribution in [3.63, 3.8) is 0 Å². The van der Waals surface area contributed by atoms with Gasteiger partial charge in [0.1, 0.15) is 25.5 Å². The lowest BCUT2D eigenvalue weighted by atomic mass is 10.4. The highest BCUT2D eigenvalue weighted by Gasteiger charge is 2.20. The Morgan fingerprint density at radius 2 is 2.50 bits per heavy atom. The van der Waals surface area contributed by atoms with Crippen molar-refractivity contribution in [3.05, 3.63) is 22.1 Å². The zero-order chi connectivity index (χ0) is 10.7. The maximum atomic E-state index is 12.0. The topological polar surface area (TPSA) is 81.2 Å². The van der Waals surface area contributed by atoms with Crippen LogP contribution in [0.3, 0.4) is 0 Å². The van der Waals surface area contributed by atoms with Crippen LogP contribution >= 0.6 is 0 Å². The van der Waals surface area contributed by atoms with E-state index < -0.39 is 17.7 Å². The molecule has 1 aromatic heterocycles. The zero-order valence-corrected chi connectivity index (χ0v) is 7.55. The van der Waals surface area contributed by atoms with E-state index in [9.17, 15) is 14.5 Å². The highest BCUT2D eigenvalue weighted by Crippen LogP contribution is 2.14. The fourth-order valence-electron chi connectivity index (χ4n) is 1.09. The number of aliphatic hydroxyl groups is 1. The van der Waals surface area contributed by atoms with Crippen molar-refractivity contribution in [2.45, 2.75) is 19.6 Å². The van der Waals surface area contributed by atoms with Gasteiger partial charge in [0.15, 0.2) is 5.82 Å². The van der Waals surface area contributed by atoms with Gasteiger partial charge in [0.05, 0.1) is 0 Å². The SMILES string of the molecule is Cc1ncc([N+](=O)[O-])n1CC(O)C[18F]. The third-order valence-electron chi connectivity index (χ3n) is 1.79. The van der Waals surface area contributed by atoms with Crippen LogP contribution in [0.15, 0.2) is 6.20 Å². The number of aliphatic hydroxyl groups excluding tert-OH is 1. The molecule has 0 aliphatic heterocycles. The first-order valence-electron chi connectivity index (χ1n) is 3.96. The highest BCUT2D eigenvalue weighted by atomic mass is 18.2. The van der Waals surface area contributed by atoms with Crippen LogP contribution in [0.1, 0.15) is 5.82 Å². The van der Waals surface area contributed by atoms with Crippen LogP contribution in [0.5, 0.6) is 0 Å². The third-order valence-corrected chi connectivity index (χ3v) is 1.79. The number of nitrogens with zero attached hydrogens (tertiary/aromatic N) is 3. The molecule has 1 aromatic rings. The van der Waals surface area contributed by atoms with E-state index in [-0.39, 0.29) is 12.4 Å². The van der Waals surface area contributed by atoms with Crippen molar-refractivity contribution in [1.29, 1.82) is 0 Å². The first-order chi connectivity index (χ1) is 6.56. The molecule has 0 saturated heterocycles. The van der Waals surface area contributed by atoms with Gasteiger partial charge in [-0.15, -0.1) is 0 Å². The Kier molecular flexibility index (Phi) is 3.13. The summed E-state index contributed by atoms with van der Waals surface area (Å²) in [7, 11) is 0. The molecule has 78 valence electrons. The number of imidazole rings is 1. The molecule has 1 rings (SSSR count). The van der Waals surface area contributed by atoms with Gasteiger partial charge in [-0.3, -0.25) is 0 Å². The molecule has 0 bridgehead atoms. The van der Waals surface area contributed by atoms with E-state index in [0.717, 1.165) is 6.20 Å². The normalized spacial score (nSPS) is 12.8. The van der Waals surface area contributed by atoms with Crippen LogP contribution in [0.2, 0.25) is 0 Å². The standard InChI is InChI=1S/C7H10FN3O3/c1-5-9-3-7(11(13)14)10(5)4-6(12)2-8/h3,6,12H,2,4H2,1H3/i8-1. The Balaban J connectivity index is 2.93. The summed E-state index contributed by atoms with van der Waals surface area (Å²) in [5, 5.41) is 19.5. The summed E-state index contributed by atoms with van der Waals surface area (Å²) in [4.78, 5) is 13.6. The van der Waals surface area contributed by atoms with E-state index in [0.29, 0.717) is 5.82 Å². The summed E-state index contributed by atoms with van der Waals surface area (Å²) < 4.78 is 13.2. The van der Waals surface area contributed by atoms with Crippen LogP contribution in [-0.2, 0) is 6.54 Å². The van der Waals surface area contributed by atoms with Gasteiger partial charge in [-0.1, -0.05) is 0 Å². The van der Waals surface area contributed by atoms with Gasteiger partial charge in [0.25, 0.3) is 0 Å². The molecular weight excluding hydrogens is 192 g/mol. The lowest BCUT2D eigenvalue weighted by molar-refractivity contribution is -0.392. The van der Waals surface area contributed by atoms with Crippen molar-refractivity contribution >= 4 is 5.82 Å². The van der Waals surface area contributed by atoms with Crippen LogP contribution in [0.4, 0.5) is 10.2 Å². The minimum absolute atomic E-state index is 0.154. The Hall–Kier alpha value is -1.50. The quantitative estimate of drug-likeness (QED) is 0.567. The molecule has 0 spiro atoms. The lowest BCUT2D eigenvalue weighted by Crippen LogP contribution is -2.19. The Morgan fingerprint density at radius 1 is 1.86 bits per heavy atom. The van der Waals surface area contributed by atoms with E-state index in [4.69, 9.17) is 5.11 Å². The minimum atomic E-state index is -1.23. The van der Waals surface area contributed by atoms with Crippen molar-refractivity contribution < 1.29 is 14.4 Å². The molecule has 14 heavy (non-hydrogen) atoms. The van der Waals surface area contributed by atoms with E-state index in [2.05, 4.69) is 4.98 Å². The molecule has 6 nitrogen and oxygen atoms in total. The number of alkyl halides is 1. The van der Waals surface area contributed by atoms with Crippen molar-refractivity contribution in [2.75, 3.05) is 6.67 Å². The summed E-state index contributed by atoms with van der Waals surface area (Å²) in [6, 6.07) is 0.